The molecule has 1 fully saturated rings. The van der Waals surface area contributed by atoms with Crippen molar-refractivity contribution >= 4 is 51.8 Å². The van der Waals surface area contributed by atoms with Gasteiger partial charge >= 0.3 is 0 Å². The number of imidazole rings is 1. The number of nitrogens with zero attached hydrogens (tertiary/aromatic N) is 3. The Morgan fingerprint density at radius 3 is 2.44 bits per heavy atom. The molecule has 3 aromatic rings. The van der Waals surface area contributed by atoms with E-state index in [0.717, 1.165) is 23.1 Å². The Kier molecular flexibility index (Phi) is 7.32. The minimum Gasteiger partial charge on any atom is -0.322 e. The summed E-state index contributed by atoms with van der Waals surface area (Å²) in [5, 5.41) is 0. The topological polar surface area (TPSA) is 21.1 Å². The average Bonchev–Trinajstić information content (AvgIpc) is 3.17. The summed E-state index contributed by atoms with van der Waals surface area (Å²) in [5.74, 6) is 1.17. The van der Waals surface area contributed by atoms with Crippen LogP contribution in [0.5, 0.6) is 0 Å². The molecule has 0 atom stereocenters. The predicted octanol–water partition coefficient (Wildman–Crippen LogP) is 5.29. The van der Waals surface area contributed by atoms with Gasteiger partial charge in [-0.3, -0.25) is 4.90 Å². The molecule has 0 spiro atoms. The number of rotatable bonds is 4. The average molecular weight is 443 g/mol. The van der Waals surface area contributed by atoms with Crippen LogP contribution in [0.1, 0.15) is 24.2 Å². The Bertz CT molecular complexity index is 828. The summed E-state index contributed by atoms with van der Waals surface area (Å²) in [4.78, 5) is 7.42. The molecule has 1 aliphatic rings. The minimum absolute atomic E-state index is 0. The third kappa shape index (κ3) is 4.56. The van der Waals surface area contributed by atoms with Crippen molar-refractivity contribution < 1.29 is 0 Å². The van der Waals surface area contributed by atoms with Gasteiger partial charge in [0.05, 0.1) is 17.6 Å². The van der Waals surface area contributed by atoms with Crippen LogP contribution in [0.3, 0.4) is 0 Å². The van der Waals surface area contributed by atoms with Gasteiger partial charge in [0.25, 0.3) is 0 Å². The molecule has 0 amide bonds. The van der Waals surface area contributed by atoms with Gasteiger partial charge in [-0.2, -0.15) is 0 Å². The summed E-state index contributed by atoms with van der Waals surface area (Å²) in [6.45, 7) is 4.20. The van der Waals surface area contributed by atoms with Gasteiger partial charge in [0.2, 0.25) is 0 Å². The zero-order chi connectivity index (χ0) is 15.6. The fourth-order valence-corrected chi connectivity index (χ4v) is 3.83. The lowest BCUT2D eigenvalue weighted by Crippen LogP contribution is -2.21. The van der Waals surface area contributed by atoms with Crippen LogP contribution in [0.4, 0.5) is 0 Å². The molecule has 3 nitrogen and oxygen atoms in total. The van der Waals surface area contributed by atoms with Crippen molar-refractivity contribution in [1.82, 2.24) is 14.5 Å². The van der Waals surface area contributed by atoms with Gasteiger partial charge in [0.1, 0.15) is 5.82 Å². The van der Waals surface area contributed by atoms with E-state index in [4.69, 9.17) is 4.98 Å². The summed E-state index contributed by atoms with van der Waals surface area (Å²) in [6, 6.07) is 17.0. The number of para-hydroxylation sites is 2. The van der Waals surface area contributed by atoms with Crippen LogP contribution < -0.4 is 0 Å². The molecule has 0 bridgehead atoms. The Morgan fingerprint density at radius 1 is 0.920 bits per heavy atom. The third-order valence-corrected chi connectivity index (χ3v) is 5.02. The zero-order valence-corrected chi connectivity index (χ0v) is 17.1. The molecule has 2 aromatic carbocycles. The quantitative estimate of drug-likeness (QED) is 0.547. The molecule has 0 saturated carbocycles. The van der Waals surface area contributed by atoms with Crippen LogP contribution in [0.2, 0.25) is 0 Å². The smallest absolute Gasteiger partial charge is 0.124 e. The number of likely N-dealkylation sites (tertiary alicyclic amines) is 1. The highest BCUT2D eigenvalue weighted by Gasteiger charge is 2.17. The van der Waals surface area contributed by atoms with E-state index in [1.807, 2.05) is 0 Å². The van der Waals surface area contributed by atoms with E-state index >= 15 is 0 Å². The molecule has 1 aliphatic heterocycles. The largest absolute Gasteiger partial charge is 0.322 e. The minimum atomic E-state index is 0. The number of halogens is 3. The van der Waals surface area contributed by atoms with Gasteiger partial charge in [-0.15, -0.1) is 24.8 Å². The van der Waals surface area contributed by atoms with Crippen LogP contribution in [-0.2, 0) is 13.1 Å². The van der Waals surface area contributed by atoms with E-state index in [0.29, 0.717) is 0 Å². The lowest BCUT2D eigenvalue weighted by molar-refractivity contribution is 0.318. The van der Waals surface area contributed by atoms with Crippen molar-refractivity contribution in [3.8, 4) is 0 Å². The van der Waals surface area contributed by atoms with Gasteiger partial charge in [0.15, 0.2) is 0 Å². The zero-order valence-electron chi connectivity index (χ0n) is 13.9. The van der Waals surface area contributed by atoms with Crippen molar-refractivity contribution in [2.45, 2.75) is 25.9 Å². The summed E-state index contributed by atoms with van der Waals surface area (Å²) >= 11 is 3.57. The lowest BCUT2D eigenvalue weighted by Gasteiger charge is -2.16. The van der Waals surface area contributed by atoms with Crippen molar-refractivity contribution in [3.63, 3.8) is 0 Å². The molecule has 0 aliphatic carbocycles. The molecule has 2 heterocycles. The molecule has 134 valence electrons. The fourth-order valence-electron chi connectivity index (χ4n) is 3.38. The maximum atomic E-state index is 4.90. The summed E-state index contributed by atoms with van der Waals surface area (Å²) < 4.78 is 3.50. The second-order valence-electron chi connectivity index (χ2n) is 6.22. The summed E-state index contributed by atoms with van der Waals surface area (Å²) in [5.41, 5.74) is 3.61. The van der Waals surface area contributed by atoms with E-state index in [9.17, 15) is 0 Å². The molecular weight excluding hydrogens is 421 g/mol. The first-order chi connectivity index (χ1) is 11.3. The van der Waals surface area contributed by atoms with E-state index in [1.54, 1.807) is 0 Å². The molecule has 1 saturated heterocycles. The monoisotopic (exact) mass is 441 g/mol. The van der Waals surface area contributed by atoms with E-state index in [-0.39, 0.29) is 24.8 Å². The fraction of sp³-hybridized carbons (Fsp3) is 0.316. The molecule has 0 unspecified atom stereocenters. The highest BCUT2D eigenvalue weighted by molar-refractivity contribution is 9.10. The van der Waals surface area contributed by atoms with Crippen LogP contribution >= 0.6 is 40.7 Å². The Balaban J connectivity index is 0.00000113. The second-order valence-corrected chi connectivity index (χ2v) is 7.13. The van der Waals surface area contributed by atoms with E-state index < -0.39 is 0 Å². The van der Waals surface area contributed by atoms with Gasteiger partial charge in [-0.1, -0.05) is 40.2 Å². The van der Waals surface area contributed by atoms with Crippen molar-refractivity contribution in [2.24, 2.45) is 0 Å². The molecule has 0 radical (unpaired) electrons. The first-order valence-electron chi connectivity index (χ1n) is 8.20. The van der Waals surface area contributed by atoms with Crippen molar-refractivity contribution in [2.75, 3.05) is 13.1 Å². The number of hydrogen-bond acceptors (Lipinski definition) is 2. The van der Waals surface area contributed by atoms with E-state index in [2.05, 4.69) is 73.9 Å². The lowest BCUT2D eigenvalue weighted by atomic mass is 10.2. The SMILES string of the molecule is Brc1cccc(Cn2c(CN3CCCC3)nc3ccccc32)c1.Cl.Cl. The maximum Gasteiger partial charge on any atom is 0.124 e. The van der Waals surface area contributed by atoms with E-state index in [1.165, 1.54) is 42.8 Å². The molecule has 25 heavy (non-hydrogen) atoms. The van der Waals surface area contributed by atoms with Gasteiger partial charge in [-0.25, -0.2) is 4.98 Å². The summed E-state index contributed by atoms with van der Waals surface area (Å²) in [7, 11) is 0. The highest BCUT2D eigenvalue weighted by atomic mass is 79.9. The molecule has 4 rings (SSSR count). The molecule has 0 N–H and O–H groups in total. The standard InChI is InChI=1S/C19H20BrN3.2ClH/c20-16-7-5-6-15(12-16)13-23-18-9-2-1-8-17(18)21-19(23)14-22-10-3-4-11-22;;/h1-2,5-9,12H,3-4,10-11,13-14H2;2*1H. The highest BCUT2D eigenvalue weighted by Crippen LogP contribution is 2.21. The third-order valence-electron chi connectivity index (χ3n) is 4.53. The van der Waals surface area contributed by atoms with Crippen LogP contribution in [-0.4, -0.2) is 27.5 Å². The number of aromatic nitrogens is 2. The van der Waals surface area contributed by atoms with Crippen LogP contribution in [0.15, 0.2) is 53.0 Å². The van der Waals surface area contributed by atoms with Gasteiger partial charge in [0, 0.05) is 11.0 Å². The number of hydrogen-bond donors (Lipinski definition) is 0. The summed E-state index contributed by atoms with van der Waals surface area (Å²) in [6.07, 6.45) is 2.62. The van der Waals surface area contributed by atoms with Crippen LogP contribution in [0.25, 0.3) is 11.0 Å². The second kappa shape index (κ2) is 9.04. The maximum absolute atomic E-state index is 4.90. The Hall–Kier alpha value is -1.07. The van der Waals surface area contributed by atoms with Gasteiger partial charge in [-0.05, 0) is 55.8 Å². The Morgan fingerprint density at radius 2 is 1.68 bits per heavy atom. The van der Waals surface area contributed by atoms with Gasteiger partial charge < -0.3 is 4.57 Å². The Labute approximate surface area is 169 Å². The van der Waals surface area contributed by atoms with Crippen molar-refractivity contribution in [3.05, 3.63) is 64.4 Å². The number of fused-ring (bicyclic) bond motifs is 1. The predicted molar refractivity (Wildman–Crippen MR) is 112 cm³/mol. The first-order valence-corrected chi connectivity index (χ1v) is 9.00. The first kappa shape index (κ1) is 20.2. The molecule has 6 heteroatoms. The molecule has 1 aromatic heterocycles. The van der Waals surface area contributed by atoms with Crippen molar-refractivity contribution in [1.29, 1.82) is 0 Å². The molecular formula is C19H22BrCl2N3. The normalized spacial score (nSPS) is 14.3. The number of benzene rings is 2. The van der Waals surface area contributed by atoms with Crippen LogP contribution in [0, 0.1) is 0 Å².